The van der Waals surface area contributed by atoms with Gasteiger partial charge in [-0.2, -0.15) is 0 Å². The Morgan fingerprint density at radius 2 is 2.38 bits per heavy atom. The van der Waals surface area contributed by atoms with Crippen LogP contribution in [0.2, 0.25) is 0 Å². The van der Waals surface area contributed by atoms with Crippen LogP contribution in [-0.4, -0.2) is 22.0 Å². The molecule has 21 heavy (non-hydrogen) atoms. The standard InChI is InChI=1S/C13H14BrIN2O2S2/c1-2-6-13(17-21(19)8-7-20-15)11-9(14)4-3-5-10(11)16-12(13)18/h2-5,17H,1,6-8H2,(H,16,18)/t13-,21?/m0/s1. The molecule has 2 atom stereocenters. The van der Waals surface area contributed by atoms with Crippen molar-refractivity contribution >= 4 is 69.0 Å². The van der Waals surface area contributed by atoms with E-state index in [1.165, 1.54) is 0 Å². The van der Waals surface area contributed by atoms with Gasteiger partial charge in [0.15, 0.2) is 5.54 Å². The summed E-state index contributed by atoms with van der Waals surface area (Å²) in [6, 6.07) is 5.58. The number of anilines is 1. The Morgan fingerprint density at radius 1 is 1.62 bits per heavy atom. The van der Waals surface area contributed by atoms with E-state index in [1.807, 2.05) is 18.2 Å². The van der Waals surface area contributed by atoms with E-state index < -0.39 is 16.9 Å². The highest BCUT2D eigenvalue weighted by Gasteiger charge is 2.50. The van der Waals surface area contributed by atoms with Crippen molar-refractivity contribution < 1.29 is 9.35 Å². The molecule has 2 rings (SSSR count). The van der Waals surface area contributed by atoms with Gasteiger partial charge in [0.1, 0.15) is 5.75 Å². The van der Waals surface area contributed by atoms with Gasteiger partial charge in [0.25, 0.3) is 5.91 Å². The molecular formula is C13H14BrIN2O2S2. The SMILES string of the molecule is C=CC[C@@]1(N[S+]([O-])CCSI)C(=O)Nc2cccc(Br)c21. The van der Waals surface area contributed by atoms with E-state index in [-0.39, 0.29) is 5.91 Å². The molecule has 1 aromatic rings. The predicted octanol–water partition coefficient (Wildman–Crippen LogP) is 3.51. The van der Waals surface area contributed by atoms with E-state index in [1.54, 1.807) is 15.0 Å². The lowest BCUT2D eigenvalue weighted by molar-refractivity contribution is -0.121. The molecule has 0 bridgehead atoms. The van der Waals surface area contributed by atoms with Gasteiger partial charge in [-0.15, -0.1) is 11.3 Å². The molecular weight excluding hydrogens is 487 g/mol. The number of amides is 1. The first-order valence-electron chi connectivity index (χ1n) is 6.16. The molecule has 2 N–H and O–H groups in total. The lowest BCUT2D eigenvalue weighted by Gasteiger charge is -2.28. The second kappa shape index (κ2) is 7.69. The summed E-state index contributed by atoms with van der Waals surface area (Å²) in [5, 5.41) is 2.86. The molecule has 1 unspecified atom stereocenters. The van der Waals surface area contributed by atoms with Gasteiger partial charge in [-0.1, -0.05) is 37.0 Å². The third kappa shape index (κ3) is 3.61. The summed E-state index contributed by atoms with van der Waals surface area (Å²) >= 11 is 4.37. The third-order valence-electron chi connectivity index (χ3n) is 3.16. The summed E-state index contributed by atoms with van der Waals surface area (Å²) in [6.45, 7) is 3.74. The Hall–Kier alpha value is 0.260. The van der Waals surface area contributed by atoms with Gasteiger partial charge >= 0.3 is 0 Å². The van der Waals surface area contributed by atoms with Crippen molar-refractivity contribution in [1.29, 1.82) is 0 Å². The van der Waals surface area contributed by atoms with Crippen LogP contribution in [0.15, 0.2) is 35.3 Å². The first kappa shape index (κ1) is 17.6. The van der Waals surface area contributed by atoms with Gasteiger partial charge in [0, 0.05) is 33.5 Å². The summed E-state index contributed by atoms with van der Waals surface area (Å²) in [7, 11) is 1.60. The largest absolute Gasteiger partial charge is 0.598 e. The van der Waals surface area contributed by atoms with Crippen LogP contribution < -0.4 is 10.0 Å². The Kier molecular flexibility index (Phi) is 6.45. The molecule has 0 aromatic heterocycles. The van der Waals surface area contributed by atoms with Gasteiger partial charge in [0.2, 0.25) is 0 Å². The van der Waals surface area contributed by atoms with Gasteiger partial charge in [-0.25, -0.2) is 0 Å². The van der Waals surface area contributed by atoms with Crippen molar-refractivity contribution in [3.05, 3.63) is 40.9 Å². The minimum Gasteiger partial charge on any atom is -0.598 e. The minimum atomic E-state index is -1.29. The summed E-state index contributed by atoms with van der Waals surface area (Å²) in [4.78, 5) is 12.5. The smallest absolute Gasteiger partial charge is 0.254 e. The highest BCUT2D eigenvalue weighted by Crippen LogP contribution is 2.43. The maximum absolute atomic E-state index is 12.5. The quantitative estimate of drug-likeness (QED) is 0.341. The number of rotatable bonds is 7. The fraction of sp³-hybridized carbons (Fsp3) is 0.308. The van der Waals surface area contributed by atoms with Crippen molar-refractivity contribution in [3.63, 3.8) is 0 Å². The molecule has 4 nitrogen and oxygen atoms in total. The van der Waals surface area contributed by atoms with Crippen LogP contribution in [0.5, 0.6) is 0 Å². The molecule has 1 aromatic carbocycles. The number of carbonyl (C=O) groups excluding carboxylic acids is 1. The first-order chi connectivity index (χ1) is 10.0. The highest BCUT2D eigenvalue weighted by molar-refractivity contribution is 14.2. The van der Waals surface area contributed by atoms with Crippen LogP contribution in [0.3, 0.4) is 0 Å². The van der Waals surface area contributed by atoms with E-state index in [0.29, 0.717) is 12.2 Å². The molecule has 1 aliphatic rings. The lowest BCUT2D eigenvalue weighted by atomic mass is 9.89. The van der Waals surface area contributed by atoms with Gasteiger partial charge in [-0.05, 0) is 33.3 Å². The molecule has 0 spiro atoms. The Balaban J connectivity index is 2.38. The molecule has 0 radical (unpaired) electrons. The fourth-order valence-electron chi connectivity index (χ4n) is 2.31. The molecule has 1 aliphatic heterocycles. The normalized spacial score (nSPS) is 21.8. The fourth-order valence-corrected chi connectivity index (χ4v) is 6.26. The predicted molar refractivity (Wildman–Crippen MR) is 102 cm³/mol. The van der Waals surface area contributed by atoms with Crippen molar-refractivity contribution in [2.45, 2.75) is 12.0 Å². The summed E-state index contributed by atoms with van der Waals surface area (Å²) in [5.41, 5.74) is 0.507. The second-order valence-corrected chi connectivity index (χ2v) is 9.13. The van der Waals surface area contributed by atoms with Crippen LogP contribution in [0.1, 0.15) is 12.0 Å². The van der Waals surface area contributed by atoms with E-state index in [9.17, 15) is 9.35 Å². The summed E-state index contributed by atoms with van der Waals surface area (Å²) in [5.74, 6) is 1.05. The van der Waals surface area contributed by atoms with E-state index >= 15 is 0 Å². The zero-order chi connectivity index (χ0) is 15.5. The maximum atomic E-state index is 12.5. The lowest BCUT2D eigenvalue weighted by Crippen LogP contribution is -2.51. The zero-order valence-electron chi connectivity index (χ0n) is 11.0. The number of hydrogen-bond donors (Lipinski definition) is 2. The molecule has 0 saturated carbocycles. The van der Waals surface area contributed by atoms with Crippen LogP contribution >= 0.6 is 46.1 Å². The molecule has 8 heteroatoms. The number of fused-ring (bicyclic) bond motifs is 1. The topological polar surface area (TPSA) is 64.2 Å². The third-order valence-corrected chi connectivity index (χ3v) is 6.91. The maximum Gasteiger partial charge on any atom is 0.254 e. The van der Waals surface area contributed by atoms with Crippen molar-refractivity contribution in [3.8, 4) is 0 Å². The number of nitrogens with one attached hydrogen (secondary N) is 2. The van der Waals surface area contributed by atoms with Crippen LogP contribution in [-0.2, 0) is 21.7 Å². The molecule has 0 fully saturated rings. The van der Waals surface area contributed by atoms with Crippen molar-refractivity contribution in [1.82, 2.24) is 4.72 Å². The average molecular weight is 501 g/mol. The van der Waals surface area contributed by atoms with Gasteiger partial charge < -0.3 is 9.87 Å². The number of hydrogen-bond acceptors (Lipinski definition) is 4. The van der Waals surface area contributed by atoms with E-state index in [2.05, 4.69) is 53.8 Å². The van der Waals surface area contributed by atoms with Crippen LogP contribution in [0.4, 0.5) is 5.69 Å². The molecule has 1 heterocycles. The van der Waals surface area contributed by atoms with Gasteiger partial charge in [0.05, 0.1) is 5.75 Å². The average Bonchev–Trinajstić information content (AvgIpc) is 2.71. The van der Waals surface area contributed by atoms with Crippen molar-refractivity contribution in [2.75, 3.05) is 16.8 Å². The number of carbonyl (C=O) groups is 1. The number of halogens is 2. The van der Waals surface area contributed by atoms with Gasteiger partial charge in [-0.3, -0.25) is 4.79 Å². The Morgan fingerprint density at radius 3 is 3.05 bits per heavy atom. The monoisotopic (exact) mass is 500 g/mol. The summed E-state index contributed by atoms with van der Waals surface area (Å²) < 4.78 is 16.1. The molecule has 0 aliphatic carbocycles. The highest BCUT2D eigenvalue weighted by atomic mass is 127. The molecule has 114 valence electrons. The zero-order valence-corrected chi connectivity index (χ0v) is 16.4. The van der Waals surface area contributed by atoms with Crippen LogP contribution in [0.25, 0.3) is 0 Å². The molecule has 0 saturated heterocycles. The minimum absolute atomic E-state index is 0.195. The Labute approximate surface area is 151 Å². The van der Waals surface area contributed by atoms with E-state index in [4.69, 9.17) is 0 Å². The van der Waals surface area contributed by atoms with Crippen molar-refractivity contribution in [2.24, 2.45) is 0 Å². The second-order valence-electron chi connectivity index (χ2n) is 4.48. The molecule has 1 amide bonds. The first-order valence-corrected chi connectivity index (χ1v) is 11.8. The Bertz CT molecular complexity index is 561. The summed E-state index contributed by atoms with van der Waals surface area (Å²) in [6.07, 6.45) is 2.04. The van der Waals surface area contributed by atoms with Crippen LogP contribution in [0, 0.1) is 0 Å². The number of benzene rings is 1. The van der Waals surface area contributed by atoms with E-state index in [0.717, 1.165) is 21.5 Å².